The van der Waals surface area contributed by atoms with E-state index in [1.807, 2.05) is 0 Å². The van der Waals surface area contributed by atoms with Gasteiger partial charge in [-0.25, -0.2) is 4.39 Å². The smallest absolute Gasteiger partial charge is 0.227 e. The van der Waals surface area contributed by atoms with Crippen molar-refractivity contribution in [2.24, 2.45) is 11.7 Å². The molecule has 2 amide bonds. The molecule has 1 aliphatic rings. The van der Waals surface area contributed by atoms with Gasteiger partial charge in [-0.3, -0.25) is 9.59 Å². The monoisotopic (exact) mass is 293 g/mol. The van der Waals surface area contributed by atoms with Gasteiger partial charge in [0.1, 0.15) is 5.82 Å². The molecule has 0 bridgehead atoms. The molecule has 0 aromatic heterocycles. The maximum absolute atomic E-state index is 14.0. The number of hydrogen-bond donors (Lipinski definition) is 3. The highest BCUT2D eigenvalue weighted by Crippen LogP contribution is 2.29. The normalized spacial score (nSPS) is 15.1. The van der Waals surface area contributed by atoms with Crippen LogP contribution >= 0.6 is 0 Å². The molecule has 1 heterocycles. The fraction of sp³-hybridized carbons (Fsp3) is 0.467. The van der Waals surface area contributed by atoms with Crippen LogP contribution in [0, 0.1) is 11.7 Å². The van der Waals surface area contributed by atoms with E-state index in [-0.39, 0.29) is 23.4 Å². The van der Waals surface area contributed by atoms with Crippen molar-refractivity contribution in [2.45, 2.75) is 32.6 Å². The summed E-state index contributed by atoms with van der Waals surface area (Å²) in [6.45, 7) is 2.31. The second-order valence-corrected chi connectivity index (χ2v) is 5.36. The summed E-state index contributed by atoms with van der Waals surface area (Å²) in [6.07, 6.45) is 2.27. The summed E-state index contributed by atoms with van der Waals surface area (Å²) in [5.41, 5.74) is 6.83. The van der Waals surface area contributed by atoms with Gasteiger partial charge in [-0.15, -0.1) is 0 Å². The summed E-state index contributed by atoms with van der Waals surface area (Å²) >= 11 is 0. The van der Waals surface area contributed by atoms with E-state index in [1.165, 1.54) is 12.1 Å². The summed E-state index contributed by atoms with van der Waals surface area (Å²) in [6, 6.07) is 2.85. The lowest BCUT2D eigenvalue weighted by atomic mass is 10.0. The minimum absolute atomic E-state index is 0.0947. The molecule has 4 N–H and O–H groups in total. The van der Waals surface area contributed by atoms with Crippen LogP contribution < -0.4 is 16.4 Å². The number of anilines is 2. The minimum Gasteiger partial charge on any atom is -0.330 e. The summed E-state index contributed by atoms with van der Waals surface area (Å²) in [7, 11) is 0. The maximum atomic E-state index is 14.0. The van der Waals surface area contributed by atoms with E-state index >= 15 is 0 Å². The predicted molar refractivity (Wildman–Crippen MR) is 79.4 cm³/mol. The molecule has 21 heavy (non-hydrogen) atoms. The molecule has 1 aromatic carbocycles. The van der Waals surface area contributed by atoms with Crippen LogP contribution in [-0.2, 0) is 16.0 Å². The molecule has 1 atom stereocenters. The molecule has 114 valence electrons. The van der Waals surface area contributed by atoms with Crippen LogP contribution in [0.3, 0.4) is 0 Å². The first-order valence-electron chi connectivity index (χ1n) is 7.14. The Kier molecular flexibility index (Phi) is 4.90. The Hall–Kier alpha value is -1.95. The molecule has 0 radical (unpaired) electrons. The largest absolute Gasteiger partial charge is 0.330 e. The lowest BCUT2D eigenvalue weighted by molar-refractivity contribution is -0.119. The Morgan fingerprint density at radius 2 is 2.24 bits per heavy atom. The molecule has 1 unspecified atom stereocenters. The van der Waals surface area contributed by atoms with E-state index in [9.17, 15) is 14.0 Å². The first-order chi connectivity index (χ1) is 10.0. The highest BCUT2D eigenvalue weighted by molar-refractivity contribution is 5.97. The summed E-state index contributed by atoms with van der Waals surface area (Å²) in [5, 5.41) is 5.27. The summed E-state index contributed by atoms with van der Waals surface area (Å²) < 4.78 is 14.0. The number of hydrogen-bond acceptors (Lipinski definition) is 3. The fourth-order valence-corrected chi connectivity index (χ4v) is 2.31. The standard InChI is InChI=1S/C15H20FN3O2/c1-9(3-2-6-17)15(21)19-13-8-12-10(7-11(13)16)4-5-14(20)18-12/h7-9H,2-6,17H2,1H3,(H,18,20)(H,19,21). The van der Waals surface area contributed by atoms with Gasteiger partial charge in [-0.1, -0.05) is 6.92 Å². The van der Waals surface area contributed by atoms with E-state index < -0.39 is 5.82 Å². The van der Waals surface area contributed by atoms with Crippen LogP contribution in [-0.4, -0.2) is 18.4 Å². The number of amides is 2. The molecule has 2 rings (SSSR count). The van der Waals surface area contributed by atoms with Crippen molar-refractivity contribution in [3.05, 3.63) is 23.5 Å². The van der Waals surface area contributed by atoms with Gasteiger partial charge >= 0.3 is 0 Å². The van der Waals surface area contributed by atoms with Crippen molar-refractivity contribution >= 4 is 23.2 Å². The Morgan fingerprint density at radius 1 is 1.48 bits per heavy atom. The zero-order valence-corrected chi connectivity index (χ0v) is 12.0. The molecular weight excluding hydrogens is 273 g/mol. The summed E-state index contributed by atoms with van der Waals surface area (Å²) in [5.74, 6) is -1.06. The fourth-order valence-electron chi connectivity index (χ4n) is 2.31. The molecule has 0 saturated heterocycles. The van der Waals surface area contributed by atoms with E-state index in [2.05, 4.69) is 10.6 Å². The van der Waals surface area contributed by atoms with Crippen molar-refractivity contribution in [1.29, 1.82) is 0 Å². The predicted octanol–water partition coefficient (Wildman–Crippen LogP) is 2.02. The number of carbonyl (C=O) groups is 2. The van der Waals surface area contributed by atoms with Crippen LogP contribution in [0.15, 0.2) is 12.1 Å². The van der Waals surface area contributed by atoms with Crippen LogP contribution in [0.5, 0.6) is 0 Å². The lowest BCUT2D eigenvalue weighted by Crippen LogP contribution is -2.23. The number of halogens is 1. The zero-order chi connectivity index (χ0) is 15.4. The maximum Gasteiger partial charge on any atom is 0.227 e. The van der Waals surface area contributed by atoms with Crippen molar-refractivity contribution in [1.82, 2.24) is 0 Å². The van der Waals surface area contributed by atoms with Crippen molar-refractivity contribution < 1.29 is 14.0 Å². The number of fused-ring (bicyclic) bond motifs is 1. The molecular formula is C15H20FN3O2. The van der Waals surface area contributed by atoms with Gasteiger partial charge in [0.25, 0.3) is 0 Å². The first-order valence-corrected chi connectivity index (χ1v) is 7.14. The van der Waals surface area contributed by atoms with E-state index in [1.54, 1.807) is 6.92 Å². The van der Waals surface area contributed by atoms with Gasteiger partial charge in [-0.2, -0.15) is 0 Å². The van der Waals surface area contributed by atoms with Crippen molar-refractivity contribution in [2.75, 3.05) is 17.2 Å². The number of nitrogens with two attached hydrogens (primary N) is 1. The van der Waals surface area contributed by atoms with Crippen LogP contribution in [0.1, 0.15) is 31.7 Å². The van der Waals surface area contributed by atoms with E-state index in [4.69, 9.17) is 5.73 Å². The van der Waals surface area contributed by atoms with Crippen LogP contribution in [0.4, 0.5) is 15.8 Å². The molecule has 0 spiro atoms. The first kappa shape index (κ1) is 15.4. The van der Waals surface area contributed by atoms with E-state index in [0.29, 0.717) is 31.5 Å². The molecule has 0 saturated carbocycles. The minimum atomic E-state index is -0.482. The second kappa shape index (κ2) is 6.67. The lowest BCUT2D eigenvalue weighted by Gasteiger charge is -2.19. The number of benzene rings is 1. The Bertz CT molecular complexity index is 560. The number of rotatable bonds is 5. The van der Waals surface area contributed by atoms with Crippen molar-refractivity contribution in [3.63, 3.8) is 0 Å². The molecule has 0 aliphatic carbocycles. The third-order valence-electron chi connectivity index (χ3n) is 3.64. The van der Waals surface area contributed by atoms with Gasteiger partial charge in [0, 0.05) is 18.0 Å². The number of aryl methyl sites for hydroxylation is 1. The van der Waals surface area contributed by atoms with Crippen LogP contribution in [0.2, 0.25) is 0 Å². The highest BCUT2D eigenvalue weighted by Gasteiger charge is 2.20. The van der Waals surface area contributed by atoms with Gasteiger partial charge in [0.15, 0.2) is 0 Å². The molecule has 6 heteroatoms. The number of nitrogens with one attached hydrogen (secondary N) is 2. The second-order valence-electron chi connectivity index (χ2n) is 5.36. The number of carbonyl (C=O) groups excluding carboxylic acids is 2. The SMILES string of the molecule is CC(CCCN)C(=O)Nc1cc2c(cc1F)CCC(=O)N2. The molecule has 0 fully saturated rings. The van der Waals surface area contributed by atoms with Gasteiger partial charge in [-0.05, 0) is 43.5 Å². The van der Waals surface area contributed by atoms with Gasteiger partial charge < -0.3 is 16.4 Å². The van der Waals surface area contributed by atoms with Gasteiger partial charge in [0.2, 0.25) is 11.8 Å². The average Bonchev–Trinajstić information content (AvgIpc) is 2.45. The van der Waals surface area contributed by atoms with Gasteiger partial charge in [0.05, 0.1) is 5.69 Å². The Labute approximate surface area is 123 Å². The third kappa shape index (κ3) is 3.78. The third-order valence-corrected chi connectivity index (χ3v) is 3.64. The Morgan fingerprint density at radius 3 is 2.95 bits per heavy atom. The Balaban J connectivity index is 2.11. The highest BCUT2D eigenvalue weighted by atomic mass is 19.1. The topological polar surface area (TPSA) is 84.2 Å². The molecule has 5 nitrogen and oxygen atoms in total. The van der Waals surface area contributed by atoms with Crippen LogP contribution in [0.25, 0.3) is 0 Å². The quantitative estimate of drug-likeness (QED) is 0.776. The molecule has 1 aliphatic heterocycles. The molecule has 1 aromatic rings. The summed E-state index contributed by atoms with van der Waals surface area (Å²) in [4.78, 5) is 23.4. The average molecular weight is 293 g/mol. The van der Waals surface area contributed by atoms with E-state index in [0.717, 1.165) is 12.0 Å². The van der Waals surface area contributed by atoms with Crippen molar-refractivity contribution in [3.8, 4) is 0 Å². The zero-order valence-electron chi connectivity index (χ0n) is 12.0.